The first-order valence-electron chi connectivity index (χ1n) is 7.50. The molecule has 0 saturated heterocycles. The summed E-state index contributed by atoms with van der Waals surface area (Å²) in [4.78, 5) is 27.6. The van der Waals surface area contributed by atoms with Gasteiger partial charge in [0.05, 0.1) is 16.9 Å². The van der Waals surface area contributed by atoms with E-state index in [9.17, 15) is 14.9 Å². The Morgan fingerprint density at radius 1 is 1.32 bits per heavy atom. The number of aromatic nitrogens is 2. The predicted molar refractivity (Wildman–Crippen MR) is 98.8 cm³/mol. The van der Waals surface area contributed by atoms with Crippen molar-refractivity contribution < 1.29 is 9.66 Å². The van der Waals surface area contributed by atoms with Crippen LogP contribution in [0.5, 0.6) is 5.75 Å². The third kappa shape index (κ3) is 3.99. The molecule has 0 bridgehead atoms. The summed E-state index contributed by atoms with van der Waals surface area (Å²) in [5, 5.41) is 13.8. The van der Waals surface area contributed by atoms with E-state index in [2.05, 4.69) is 4.98 Å². The summed E-state index contributed by atoms with van der Waals surface area (Å²) in [6, 6.07) is 7.80. The number of hydrogen-bond acceptors (Lipinski definition) is 7. The quantitative estimate of drug-likeness (QED) is 0.206. The standard InChI is InChI=1S/C16H15N3O4S2/c1-18-15(20)13-7-10-24-14(13)17-16(18)25-9-2-8-23-12-5-3-11(4-6-12)19(21)22/h3-7,10H,2,8-9H2,1H3. The van der Waals surface area contributed by atoms with E-state index < -0.39 is 4.92 Å². The van der Waals surface area contributed by atoms with Gasteiger partial charge in [-0.2, -0.15) is 0 Å². The molecule has 0 aliphatic carbocycles. The first kappa shape index (κ1) is 17.4. The summed E-state index contributed by atoms with van der Waals surface area (Å²) in [6.45, 7) is 0.486. The minimum atomic E-state index is -0.442. The Bertz CT molecular complexity index is 950. The molecule has 2 heterocycles. The molecule has 2 aromatic heterocycles. The number of rotatable bonds is 7. The van der Waals surface area contributed by atoms with Crippen molar-refractivity contribution in [2.24, 2.45) is 7.05 Å². The van der Waals surface area contributed by atoms with E-state index >= 15 is 0 Å². The van der Waals surface area contributed by atoms with E-state index in [1.165, 1.54) is 35.2 Å². The van der Waals surface area contributed by atoms with Crippen LogP contribution in [0.1, 0.15) is 6.42 Å². The number of thiophene rings is 1. The molecule has 7 nitrogen and oxygen atoms in total. The summed E-state index contributed by atoms with van der Waals surface area (Å²) < 4.78 is 7.13. The van der Waals surface area contributed by atoms with Crippen molar-refractivity contribution in [1.29, 1.82) is 0 Å². The highest BCUT2D eigenvalue weighted by molar-refractivity contribution is 7.99. The first-order valence-corrected chi connectivity index (χ1v) is 9.37. The van der Waals surface area contributed by atoms with E-state index in [0.29, 0.717) is 22.9 Å². The van der Waals surface area contributed by atoms with Crippen LogP contribution in [0.25, 0.3) is 10.2 Å². The van der Waals surface area contributed by atoms with Crippen molar-refractivity contribution in [2.75, 3.05) is 12.4 Å². The molecular formula is C16H15N3O4S2. The molecule has 3 aromatic rings. The molecular weight excluding hydrogens is 362 g/mol. The van der Waals surface area contributed by atoms with Crippen LogP contribution in [-0.2, 0) is 7.05 Å². The Morgan fingerprint density at radius 2 is 2.08 bits per heavy atom. The zero-order valence-electron chi connectivity index (χ0n) is 13.4. The van der Waals surface area contributed by atoms with Gasteiger partial charge < -0.3 is 4.74 Å². The average Bonchev–Trinajstić information content (AvgIpc) is 3.07. The van der Waals surface area contributed by atoms with Gasteiger partial charge in [0.1, 0.15) is 10.6 Å². The van der Waals surface area contributed by atoms with Crippen LogP contribution in [0.2, 0.25) is 0 Å². The van der Waals surface area contributed by atoms with Gasteiger partial charge in [-0.05, 0) is 30.0 Å². The minimum absolute atomic E-state index is 0.0316. The van der Waals surface area contributed by atoms with Gasteiger partial charge >= 0.3 is 0 Å². The molecule has 0 atom stereocenters. The van der Waals surface area contributed by atoms with Crippen molar-refractivity contribution in [3.05, 3.63) is 56.2 Å². The van der Waals surface area contributed by atoms with Gasteiger partial charge in [0.15, 0.2) is 5.16 Å². The van der Waals surface area contributed by atoms with Gasteiger partial charge in [0.25, 0.3) is 11.2 Å². The maximum absolute atomic E-state index is 12.2. The van der Waals surface area contributed by atoms with Crippen LogP contribution in [0, 0.1) is 10.1 Å². The van der Waals surface area contributed by atoms with Crippen LogP contribution >= 0.6 is 23.1 Å². The number of thioether (sulfide) groups is 1. The summed E-state index contributed by atoms with van der Waals surface area (Å²) in [6.07, 6.45) is 0.764. The van der Waals surface area contributed by atoms with Crippen molar-refractivity contribution in [1.82, 2.24) is 9.55 Å². The Labute approximate surface area is 151 Å². The molecule has 0 spiro atoms. The van der Waals surface area contributed by atoms with Crippen LogP contribution in [-0.4, -0.2) is 26.8 Å². The van der Waals surface area contributed by atoms with E-state index in [-0.39, 0.29) is 11.2 Å². The summed E-state index contributed by atoms with van der Waals surface area (Å²) in [5.41, 5.74) is 0.00902. The van der Waals surface area contributed by atoms with Gasteiger partial charge in [-0.1, -0.05) is 11.8 Å². The van der Waals surface area contributed by atoms with Crippen LogP contribution < -0.4 is 10.3 Å². The second-order valence-electron chi connectivity index (χ2n) is 5.20. The smallest absolute Gasteiger partial charge is 0.269 e. The molecule has 0 fully saturated rings. The number of nitrogens with zero attached hydrogens (tertiary/aromatic N) is 3. The lowest BCUT2D eigenvalue weighted by Crippen LogP contribution is -2.19. The molecule has 0 unspecified atom stereocenters. The Morgan fingerprint density at radius 3 is 2.80 bits per heavy atom. The van der Waals surface area contributed by atoms with Crippen molar-refractivity contribution in [2.45, 2.75) is 11.6 Å². The monoisotopic (exact) mass is 377 g/mol. The van der Waals surface area contributed by atoms with E-state index in [1.54, 1.807) is 29.8 Å². The molecule has 25 heavy (non-hydrogen) atoms. The number of non-ortho nitro benzene ring substituents is 1. The predicted octanol–water partition coefficient (Wildman–Crippen LogP) is 3.46. The van der Waals surface area contributed by atoms with Gasteiger partial charge in [-0.25, -0.2) is 4.98 Å². The van der Waals surface area contributed by atoms with Crippen LogP contribution in [0.15, 0.2) is 45.7 Å². The topological polar surface area (TPSA) is 87.3 Å². The largest absolute Gasteiger partial charge is 0.494 e. The maximum Gasteiger partial charge on any atom is 0.269 e. The van der Waals surface area contributed by atoms with Crippen LogP contribution in [0.4, 0.5) is 5.69 Å². The fourth-order valence-electron chi connectivity index (χ4n) is 2.19. The number of hydrogen-bond donors (Lipinski definition) is 0. The minimum Gasteiger partial charge on any atom is -0.494 e. The number of benzene rings is 1. The fraction of sp³-hybridized carbons (Fsp3) is 0.250. The van der Waals surface area contributed by atoms with Crippen LogP contribution in [0.3, 0.4) is 0 Å². The summed E-state index contributed by atoms with van der Waals surface area (Å²) in [5.74, 6) is 1.35. The van der Waals surface area contributed by atoms with E-state index in [0.717, 1.165) is 17.0 Å². The Kier molecular flexibility index (Phi) is 5.34. The average molecular weight is 377 g/mol. The van der Waals surface area contributed by atoms with Crippen molar-refractivity contribution >= 4 is 39.0 Å². The zero-order chi connectivity index (χ0) is 17.8. The van der Waals surface area contributed by atoms with Gasteiger partial charge in [-0.3, -0.25) is 19.5 Å². The lowest BCUT2D eigenvalue weighted by atomic mass is 10.3. The Balaban J connectivity index is 1.51. The second-order valence-corrected chi connectivity index (χ2v) is 7.16. The molecule has 3 rings (SSSR count). The van der Waals surface area contributed by atoms with Gasteiger partial charge in [-0.15, -0.1) is 11.3 Å². The molecule has 130 valence electrons. The lowest BCUT2D eigenvalue weighted by Gasteiger charge is -2.08. The van der Waals surface area contributed by atoms with Gasteiger partial charge in [0.2, 0.25) is 0 Å². The highest BCUT2D eigenvalue weighted by Gasteiger charge is 2.09. The maximum atomic E-state index is 12.2. The number of nitro benzene ring substituents is 1. The molecule has 0 aliphatic heterocycles. The SMILES string of the molecule is Cn1c(SCCCOc2ccc([N+](=O)[O-])cc2)nc2sccc2c1=O. The molecule has 0 N–H and O–H groups in total. The highest BCUT2D eigenvalue weighted by atomic mass is 32.2. The normalized spacial score (nSPS) is 10.9. The molecule has 0 amide bonds. The fourth-order valence-corrected chi connectivity index (χ4v) is 3.88. The summed E-state index contributed by atoms with van der Waals surface area (Å²) >= 11 is 2.97. The lowest BCUT2D eigenvalue weighted by molar-refractivity contribution is -0.384. The van der Waals surface area contributed by atoms with E-state index in [4.69, 9.17) is 4.74 Å². The number of ether oxygens (including phenoxy) is 1. The molecule has 0 aliphatic rings. The highest BCUT2D eigenvalue weighted by Crippen LogP contribution is 2.21. The second kappa shape index (κ2) is 7.66. The summed E-state index contributed by atoms with van der Waals surface area (Å²) in [7, 11) is 1.72. The van der Waals surface area contributed by atoms with E-state index in [1.807, 2.05) is 5.38 Å². The zero-order valence-corrected chi connectivity index (χ0v) is 15.0. The first-order chi connectivity index (χ1) is 12.1. The molecule has 0 radical (unpaired) electrons. The number of fused-ring (bicyclic) bond motifs is 1. The molecule has 1 aromatic carbocycles. The van der Waals surface area contributed by atoms with Gasteiger partial charge in [0, 0.05) is 24.9 Å². The molecule has 9 heteroatoms. The molecule has 0 saturated carbocycles. The third-order valence-corrected chi connectivity index (χ3v) is 5.42. The van der Waals surface area contributed by atoms with Crippen molar-refractivity contribution in [3.8, 4) is 5.75 Å². The van der Waals surface area contributed by atoms with Crippen molar-refractivity contribution in [3.63, 3.8) is 0 Å². The Hall–Kier alpha value is -2.39. The third-order valence-electron chi connectivity index (χ3n) is 3.50. The number of nitro groups is 1.